The van der Waals surface area contributed by atoms with Gasteiger partial charge >= 0.3 is 0 Å². The standard InChI is InChI=1S/C28H35NO2/c1-19-10-11-22-12-13-24-26(28(22,3)4)25(18-20(2)17-23(30)16-19)29(27(24)31)15-14-21-8-6-5-7-9-21/h5-9,17,22,25H,1,10-16,18H2,2-4H3. The average Bonchev–Trinajstić information content (AvgIpc) is 2.97. The van der Waals surface area contributed by atoms with Crippen molar-refractivity contribution in [2.24, 2.45) is 11.3 Å². The van der Waals surface area contributed by atoms with E-state index in [0.29, 0.717) is 12.3 Å². The van der Waals surface area contributed by atoms with Crippen molar-refractivity contribution in [1.82, 2.24) is 4.90 Å². The molecule has 3 nitrogen and oxygen atoms in total. The molecule has 164 valence electrons. The molecule has 0 spiro atoms. The molecule has 3 heteroatoms. The first-order chi connectivity index (χ1) is 14.8. The van der Waals surface area contributed by atoms with E-state index in [1.165, 1.54) is 11.1 Å². The van der Waals surface area contributed by atoms with Crippen molar-refractivity contribution in [3.05, 3.63) is 70.8 Å². The predicted octanol–water partition coefficient (Wildman–Crippen LogP) is 5.82. The second kappa shape index (κ2) is 8.61. The number of nitrogens with zero attached hydrogens (tertiary/aromatic N) is 1. The number of allylic oxidation sites excluding steroid dienone is 2. The number of rotatable bonds is 3. The third-order valence-electron chi connectivity index (χ3n) is 7.69. The minimum absolute atomic E-state index is 0.0147. The third-order valence-corrected chi connectivity index (χ3v) is 7.69. The van der Waals surface area contributed by atoms with Crippen molar-refractivity contribution in [1.29, 1.82) is 0 Å². The second-order valence-electron chi connectivity index (χ2n) is 10.2. The Balaban J connectivity index is 1.70. The molecule has 3 aliphatic rings. The lowest BCUT2D eigenvalue weighted by atomic mass is 9.62. The number of ketones is 1. The lowest BCUT2D eigenvalue weighted by Crippen LogP contribution is -2.41. The Hall–Kier alpha value is -2.42. The number of carbonyl (C=O) groups is 2. The molecule has 1 aliphatic heterocycles. The highest BCUT2D eigenvalue weighted by Gasteiger charge is 2.49. The Morgan fingerprint density at radius 1 is 1.10 bits per heavy atom. The predicted molar refractivity (Wildman–Crippen MR) is 126 cm³/mol. The lowest BCUT2D eigenvalue weighted by Gasteiger charge is -2.43. The molecule has 0 saturated heterocycles. The van der Waals surface area contributed by atoms with Crippen LogP contribution in [0, 0.1) is 11.3 Å². The van der Waals surface area contributed by atoms with E-state index >= 15 is 0 Å². The summed E-state index contributed by atoms with van der Waals surface area (Å²) < 4.78 is 0. The normalized spacial score (nSPS) is 26.5. The molecule has 31 heavy (non-hydrogen) atoms. The third kappa shape index (κ3) is 4.33. The number of amides is 1. The number of benzene rings is 1. The number of fused-ring (bicyclic) bond motifs is 1. The van der Waals surface area contributed by atoms with Crippen molar-refractivity contribution in [2.45, 2.75) is 71.8 Å². The Labute approximate surface area is 186 Å². The molecule has 1 amide bonds. The Morgan fingerprint density at radius 3 is 2.55 bits per heavy atom. The van der Waals surface area contributed by atoms with Gasteiger partial charge in [0.15, 0.2) is 5.78 Å². The van der Waals surface area contributed by atoms with E-state index in [4.69, 9.17) is 0 Å². The first-order valence-corrected chi connectivity index (χ1v) is 11.7. The van der Waals surface area contributed by atoms with Gasteiger partial charge in [0.25, 0.3) is 0 Å². The maximum absolute atomic E-state index is 13.6. The van der Waals surface area contributed by atoms with E-state index in [-0.39, 0.29) is 23.1 Å². The Morgan fingerprint density at radius 2 is 1.81 bits per heavy atom. The van der Waals surface area contributed by atoms with Crippen molar-refractivity contribution in [2.75, 3.05) is 6.54 Å². The number of carbonyl (C=O) groups excluding carboxylic acids is 2. The van der Waals surface area contributed by atoms with Gasteiger partial charge in [0.1, 0.15) is 0 Å². The molecule has 0 N–H and O–H groups in total. The molecular formula is C28H35NO2. The largest absolute Gasteiger partial charge is 0.332 e. The van der Waals surface area contributed by atoms with Gasteiger partial charge in [-0.05, 0) is 74.0 Å². The summed E-state index contributed by atoms with van der Waals surface area (Å²) in [6, 6.07) is 10.5. The van der Waals surface area contributed by atoms with Crippen LogP contribution in [-0.2, 0) is 16.0 Å². The van der Waals surface area contributed by atoms with Crippen LogP contribution in [-0.4, -0.2) is 29.2 Å². The summed E-state index contributed by atoms with van der Waals surface area (Å²) in [7, 11) is 0. The number of hydrogen-bond acceptors (Lipinski definition) is 2. The molecule has 0 saturated carbocycles. The van der Waals surface area contributed by atoms with E-state index in [1.807, 2.05) is 13.0 Å². The summed E-state index contributed by atoms with van der Waals surface area (Å²) in [5.74, 6) is 0.883. The monoisotopic (exact) mass is 417 g/mol. The van der Waals surface area contributed by atoms with Crippen molar-refractivity contribution in [3.8, 4) is 0 Å². The first kappa shape index (κ1) is 21.8. The van der Waals surface area contributed by atoms with Crippen molar-refractivity contribution < 1.29 is 9.59 Å². The van der Waals surface area contributed by atoms with Gasteiger partial charge in [0.2, 0.25) is 5.91 Å². The maximum atomic E-state index is 13.6. The van der Waals surface area contributed by atoms with E-state index in [1.54, 1.807) is 6.08 Å². The maximum Gasteiger partial charge on any atom is 0.250 e. The van der Waals surface area contributed by atoms with E-state index in [2.05, 4.69) is 49.6 Å². The van der Waals surface area contributed by atoms with Crippen LogP contribution in [0.15, 0.2) is 65.3 Å². The summed E-state index contributed by atoms with van der Waals surface area (Å²) in [5, 5.41) is 0. The van der Waals surface area contributed by atoms with Crippen LogP contribution in [0.1, 0.15) is 64.9 Å². The minimum Gasteiger partial charge on any atom is -0.332 e. The molecule has 1 heterocycles. The van der Waals surface area contributed by atoms with Crippen molar-refractivity contribution in [3.63, 3.8) is 0 Å². The second-order valence-corrected chi connectivity index (χ2v) is 10.2. The summed E-state index contributed by atoms with van der Waals surface area (Å²) >= 11 is 0. The van der Waals surface area contributed by atoms with Gasteiger partial charge in [0.05, 0.1) is 6.04 Å². The van der Waals surface area contributed by atoms with Crippen LogP contribution in [0.5, 0.6) is 0 Å². The zero-order valence-corrected chi connectivity index (χ0v) is 19.2. The molecular weight excluding hydrogens is 382 g/mol. The average molecular weight is 418 g/mol. The molecule has 4 rings (SSSR count). The van der Waals surface area contributed by atoms with Crippen molar-refractivity contribution >= 4 is 11.7 Å². The fraction of sp³-hybridized carbons (Fsp3) is 0.500. The molecule has 2 aliphatic carbocycles. The molecule has 1 aromatic carbocycles. The summed E-state index contributed by atoms with van der Waals surface area (Å²) in [5.41, 5.74) is 5.73. The highest BCUT2D eigenvalue weighted by Crippen LogP contribution is 2.53. The van der Waals surface area contributed by atoms with Gasteiger partial charge < -0.3 is 4.90 Å². The van der Waals surface area contributed by atoms with Crippen LogP contribution >= 0.6 is 0 Å². The van der Waals surface area contributed by atoms with Crippen LogP contribution < -0.4 is 0 Å². The molecule has 0 aromatic heterocycles. The van der Waals surface area contributed by atoms with Gasteiger partial charge in [-0.3, -0.25) is 9.59 Å². The fourth-order valence-electron chi connectivity index (χ4n) is 6.02. The zero-order chi connectivity index (χ0) is 22.2. The molecule has 2 unspecified atom stereocenters. The van der Waals surface area contributed by atoms with E-state index in [0.717, 1.165) is 61.8 Å². The zero-order valence-electron chi connectivity index (χ0n) is 19.2. The van der Waals surface area contributed by atoms with Gasteiger partial charge in [-0.2, -0.15) is 0 Å². The first-order valence-electron chi connectivity index (χ1n) is 11.7. The molecule has 1 aromatic rings. The quantitative estimate of drug-likeness (QED) is 0.581. The molecule has 2 atom stereocenters. The topological polar surface area (TPSA) is 37.4 Å². The molecule has 0 radical (unpaired) electrons. The SMILES string of the molecule is C=C1CCC2CCC3=C(C(CC(C)=CC(=O)C1)N(CCc1ccccc1)C3=O)C2(C)C. The van der Waals surface area contributed by atoms with Crippen LogP contribution in [0.4, 0.5) is 0 Å². The highest BCUT2D eigenvalue weighted by molar-refractivity contribution is 5.98. The van der Waals surface area contributed by atoms with Gasteiger partial charge in [-0.1, -0.05) is 61.9 Å². The summed E-state index contributed by atoms with van der Waals surface area (Å²) in [6.45, 7) is 11.6. The highest BCUT2D eigenvalue weighted by atomic mass is 16.2. The summed E-state index contributed by atoms with van der Waals surface area (Å²) in [4.78, 5) is 28.2. The molecule has 0 fully saturated rings. The van der Waals surface area contributed by atoms with Gasteiger partial charge in [0, 0.05) is 18.5 Å². The van der Waals surface area contributed by atoms with Gasteiger partial charge in [-0.25, -0.2) is 0 Å². The Kier molecular flexibility index (Phi) is 6.05. The van der Waals surface area contributed by atoms with Crippen LogP contribution in [0.3, 0.4) is 0 Å². The number of hydrogen-bond donors (Lipinski definition) is 0. The Bertz CT molecular complexity index is 950. The molecule has 2 bridgehead atoms. The smallest absolute Gasteiger partial charge is 0.250 e. The van der Waals surface area contributed by atoms with Gasteiger partial charge in [-0.15, -0.1) is 0 Å². The van der Waals surface area contributed by atoms with Crippen LogP contribution in [0.25, 0.3) is 0 Å². The van der Waals surface area contributed by atoms with E-state index < -0.39 is 0 Å². The van der Waals surface area contributed by atoms with Crippen LogP contribution in [0.2, 0.25) is 0 Å². The summed E-state index contributed by atoms with van der Waals surface area (Å²) in [6.07, 6.45) is 7.71. The lowest BCUT2D eigenvalue weighted by molar-refractivity contribution is -0.127. The fourth-order valence-corrected chi connectivity index (χ4v) is 6.02. The van der Waals surface area contributed by atoms with E-state index in [9.17, 15) is 9.59 Å². The minimum atomic E-state index is -0.0147.